The first kappa shape index (κ1) is 82.5. The quantitative estimate of drug-likeness (QED) is 0.0213. The van der Waals surface area contributed by atoms with Crippen LogP contribution in [-0.4, -0.2) is 103 Å². The maximum Gasteiger partial charge on any atom is 0.216 e. The van der Waals surface area contributed by atoms with Crippen LogP contribution in [0.3, 0.4) is 0 Å². The third-order valence-corrected chi connectivity index (χ3v) is 26.2. The van der Waals surface area contributed by atoms with Crippen LogP contribution < -0.4 is 34.0 Å². The number of imidazole rings is 4. The number of hydrogen-bond acceptors (Lipinski definition) is 19. The Hall–Kier alpha value is -16.4. The number of nitrogen functional groups attached to an aromatic ring is 4. The molecule has 4 fully saturated rings. The lowest BCUT2D eigenvalue weighted by Gasteiger charge is -2.34. The maximum atomic E-state index is 11.3. The van der Waals surface area contributed by atoms with E-state index in [4.69, 9.17) is 74.1 Å². The van der Waals surface area contributed by atoms with Crippen molar-refractivity contribution in [2.75, 3.05) is 42.6 Å². The summed E-state index contributed by atoms with van der Waals surface area (Å²) in [6, 6.07) is 82.5. The number of rotatable bonds is 17. The molecule has 26 nitrogen and oxygen atoms in total. The monoisotopic (exact) mass is 1730 g/mol. The minimum Gasteiger partial charge on any atom is -0.382 e. The smallest absolute Gasteiger partial charge is 0.216 e. The summed E-state index contributed by atoms with van der Waals surface area (Å²) in [7, 11) is 0. The molecule has 11 N–H and O–H groups in total. The molecule has 8 aromatic carbocycles. The number of amides is 1. The van der Waals surface area contributed by atoms with Gasteiger partial charge in [0, 0.05) is 164 Å². The zero-order chi connectivity index (χ0) is 89.6. The number of hydrogen-bond donors (Lipinski definition) is 6. The van der Waals surface area contributed by atoms with Crippen LogP contribution in [0.1, 0.15) is 105 Å². The van der Waals surface area contributed by atoms with Crippen molar-refractivity contribution in [3.63, 3.8) is 0 Å². The molecule has 1 amide bonds. The summed E-state index contributed by atoms with van der Waals surface area (Å²) in [5, 5.41) is 11.0. The number of benzene rings is 8. The highest BCUT2D eigenvalue weighted by molar-refractivity contribution is 5.96. The molecule has 4 aliphatic carbocycles. The third kappa shape index (κ3) is 16.1. The summed E-state index contributed by atoms with van der Waals surface area (Å²) < 4.78 is 8.33. The van der Waals surface area contributed by atoms with Crippen LogP contribution in [-0.2, 0) is 4.79 Å². The first-order valence-electron chi connectivity index (χ1n) is 44.6. The summed E-state index contributed by atoms with van der Waals surface area (Å²) in [6.45, 7) is 7.62. The van der Waals surface area contributed by atoms with Crippen LogP contribution >= 0.6 is 0 Å². The summed E-state index contributed by atoms with van der Waals surface area (Å²) in [6.07, 6.45) is 22.6. The molecular formula is C106H93N25O. The molecule has 0 aliphatic heterocycles. The van der Waals surface area contributed by atoms with Crippen molar-refractivity contribution in [3.05, 3.63) is 338 Å². The summed E-state index contributed by atoms with van der Waals surface area (Å²) in [4.78, 5) is 71.4. The number of fused-ring (bicyclic) bond motifs is 8. The number of azide groups is 1. The highest BCUT2D eigenvalue weighted by Crippen LogP contribution is 2.48. The lowest BCUT2D eigenvalue weighted by molar-refractivity contribution is -0.119. The van der Waals surface area contributed by atoms with E-state index in [2.05, 4.69) is 223 Å². The van der Waals surface area contributed by atoms with E-state index in [-0.39, 0.29) is 5.91 Å². The summed E-state index contributed by atoms with van der Waals surface area (Å²) in [5.74, 6) is 8.78. The Kier molecular flexibility index (Phi) is 22.1. The van der Waals surface area contributed by atoms with Gasteiger partial charge in [-0.25, -0.2) is 59.8 Å². The highest BCUT2D eigenvalue weighted by Gasteiger charge is 2.38. The number of nitrogens with two attached hydrogens (primary N) is 5. The van der Waals surface area contributed by atoms with Gasteiger partial charge < -0.3 is 34.0 Å². The van der Waals surface area contributed by atoms with Crippen LogP contribution in [0.25, 0.3) is 166 Å². The van der Waals surface area contributed by atoms with Crippen molar-refractivity contribution in [1.82, 2.24) is 82.7 Å². The molecule has 4 saturated carbocycles. The molecule has 0 atom stereocenters. The van der Waals surface area contributed by atoms with Gasteiger partial charge in [0.25, 0.3) is 0 Å². The number of carbonyl (C=O) groups is 1. The topological polar surface area (TPSA) is 380 Å². The van der Waals surface area contributed by atoms with Gasteiger partial charge in [0.05, 0.1) is 44.8 Å². The molecule has 12 heterocycles. The Bertz CT molecular complexity index is 7860. The van der Waals surface area contributed by atoms with Crippen molar-refractivity contribution >= 4 is 94.9 Å². The van der Waals surface area contributed by atoms with Crippen LogP contribution in [0, 0.1) is 17.8 Å². The van der Waals surface area contributed by atoms with Crippen molar-refractivity contribution < 1.29 is 4.79 Å². The number of aromatic nitrogens is 16. The molecule has 0 unspecified atom stereocenters. The second-order valence-corrected chi connectivity index (χ2v) is 34.8. The largest absolute Gasteiger partial charge is 0.382 e. The molecule has 648 valence electrons. The van der Waals surface area contributed by atoms with Crippen LogP contribution in [0.4, 0.5) is 23.3 Å². The number of allylic oxidation sites excluding steroid dienone is 1. The Morgan fingerprint density at radius 1 is 0.379 bits per heavy atom. The molecule has 12 aromatic heterocycles. The predicted molar refractivity (Wildman–Crippen MR) is 524 cm³/mol. The number of nitrogens with one attached hydrogen (secondary N) is 1. The Morgan fingerprint density at radius 2 is 0.659 bits per heavy atom. The first-order valence-corrected chi connectivity index (χ1v) is 44.6. The van der Waals surface area contributed by atoms with E-state index in [1.54, 1.807) is 31.7 Å². The van der Waals surface area contributed by atoms with Crippen LogP contribution in [0.2, 0.25) is 0 Å². The molecule has 0 spiro atoms. The highest BCUT2D eigenvalue weighted by atomic mass is 16.1. The Labute approximate surface area is 759 Å². The standard InChI is InChI=1S/C28H26N6O.C26H22N8.C26H24N6.C26H21N5/c1-17(35)31-16-18-13-22(14-18)28-33-25(26-27(29)30-11-12-34(26)28)21-8-7-20-9-10-23(32-24(20)15-21)19-5-3-2-4-6-19;27-25-24-23(32-26(34(24)11-10-29-25)20-12-16(13-20)15-30-33-28)19-7-6-18-8-9-21(31-22(18)14-19)17-4-2-1-3-5-17;27-15-16-12-20(13-16)26-31-23(24-25(28)29-10-11-32(24)26)19-7-6-18-8-9-21(30-22(18)14-19)17-4-2-1-3-5-17;1-16-13-20(14-16)26-30-23(24-25(27)28-11-12-31(24)26)19-8-7-18-9-10-21(29-22(18)15-19)17-5-3-2-4-6-17/h2-12,15,18,22H,13-14,16H2,1H3,(H2,29,30)(H,31,35);1-11,14,16,20H,12-13,15H2,(H2,27,29);1-11,14,16,20H,12-13,15,27H2,(H2,28,29);2-12,15,20H,1,13-14H2,(H2,27,28). The van der Waals surface area contributed by atoms with Gasteiger partial charge in [0.2, 0.25) is 5.91 Å². The molecule has 4 aliphatic rings. The van der Waals surface area contributed by atoms with Crippen molar-refractivity contribution in [3.8, 4) is 90.1 Å². The molecule has 132 heavy (non-hydrogen) atoms. The fourth-order valence-corrected chi connectivity index (χ4v) is 19.0. The van der Waals surface area contributed by atoms with E-state index >= 15 is 0 Å². The van der Waals surface area contributed by atoms with E-state index in [0.29, 0.717) is 77.8 Å². The van der Waals surface area contributed by atoms with Gasteiger partial charge in [0.15, 0.2) is 0 Å². The number of carbonyl (C=O) groups excluding carboxylic acids is 1. The average molecular weight is 1730 g/mol. The molecule has 20 aromatic rings. The molecular weight excluding hydrogens is 1640 g/mol. The summed E-state index contributed by atoms with van der Waals surface area (Å²) >= 11 is 0. The van der Waals surface area contributed by atoms with E-state index in [9.17, 15) is 4.79 Å². The number of anilines is 4. The van der Waals surface area contributed by atoms with Crippen LogP contribution in [0.15, 0.2) is 309 Å². The minimum absolute atomic E-state index is 0.0150. The zero-order valence-corrected chi connectivity index (χ0v) is 72.5. The van der Waals surface area contributed by atoms with Gasteiger partial charge in [-0.05, 0) is 130 Å². The van der Waals surface area contributed by atoms with Gasteiger partial charge in [-0.15, -0.1) is 0 Å². The Morgan fingerprint density at radius 3 is 0.939 bits per heavy atom. The predicted octanol–water partition coefficient (Wildman–Crippen LogP) is 21.1. The first-order chi connectivity index (χ1) is 64.6. The Balaban J connectivity index is 0.000000106. The van der Waals surface area contributed by atoms with Gasteiger partial charge in [0.1, 0.15) is 91.4 Å². The van der Waals surface area contributed by atoms with Gasteiger partial charge >= 0.3 is 0 Å². The molecule has 24 rings (SSSR count). The lowest BCUT2D eigenvalue weighted by atomic mass is 9.74. The van der Waals surface area contributed by atoms with E-state index < -0.39 is 0 Å². The average Bonchev–Trinajstić information content (AvgIpc) is 1.61. The van der Waals surface area contributed by atoms with Gasteiger partial charge in [-0.1, -0.05) is 211 Å². The fourth-order valence-electron chi connectivity index (χ4n) is 19.0. The van der Waals surface area contributed by atoms with E-state index in [0.717, 1.165) is 237 Å². The molecule has 0 bridgehead atoms. The SMILES string of the molecule is C=C1CC(c2nc(-c3ccc4ccc(-c5ccccc5)nc4c3)c3c(N)nccn23)C1.CC(=O)NCC1CC(c2nc(-c3ccc4ccc(-c5ccccc5)nc4c3)c3c(N)nccn23)C1.NCC1CC(c2nc(-c3ccc4ccc(-c5ccccc5)nc4c3)c3c(N)nccn23)C1.[N-]=[N+]=NCC1CC(c2nc(-c3ccc4ccc(-c5ccccc5)nc4c3)c3c(N)nccn23)C1. The molecule has 0 saturated heterocycles. The van der Waals surface area contributed by atoms with Crippen molar-refractivity contribution in [2.24, 2.45) is 28.6 Å². The third-order valence-electron chi connectivity index (χ3n) is 26.2. The number of nitrogens with zero attached hydrogens (tertiary/aromatic N) is 19. The van der Waals surface area contributed by atoms with E-state index in [1.165, 1.54) is 5.57 Å². The number of pyridine rings is 4. The second kappa shape index (κ2) is 35.3. The second-order valence-electron chi connectivity index (χ2n) is 34.8. The van der Waals surface area contributed by atoms with Gasteiger partial charge in [-0.2, -0.15) is 0 Å². The summed E-state index contributed by atoms with van der Waals surface area (Å²) in [5.41, 5.74) is 63.5. The fraction of sp³-hybridized carbons (Fsp3) is 0.179. The molecule has 26 heteroatoms. The minimum atomic E-state index is 0.0150. The van der Waals surface area contributed by atoms with Gasteiger partial charge in [-0.3, -0.25) is 22.4 Å². The zero-order valence-electron chi connectivity index (χ0n) is 72.5. The van der Waals surface area contributed by atoms with E-state index in [1.807, 2.05) is 104 Å². The maximum absolute atomic E-state index is 11.3. The lowest BCUT2D eigenvalue weighted by Crippen LogP contribution is -2.34. The normalized spacial score (nSPS) is 16.8. The van der Waals surface area contributed by atoms with Crippen molar-refractivity contribution in [1.29, 1.82) is 0 Å². The molecule has 0 radical (unpaired) electrons. The van der Waals surface area contributed by atoms with Crippen LogP contribution in [0.5, 0.6) is 0 Å². The van der Waals surface area contributed by atoms with Crippen molar-refractivity contribution in [2.45, 2.75) is 82.0 Å².